The smallest absolute Gasteiger partial charge is 0.407 e. The van der Waals surface area contributed by atoms with Crippen molar-refractivity contribution in [1.29, 1.82) is 0 Å². The summed E-state index contributed by atoms with van der Waals surface area (Å²) < 4.78 is 30.1. The largest absolute Gasteiger partial charge is 0.451 e. The molecule has 2 N–H and O–H groups in total. The van der Waals surface area contributed by atoms with E-state index >= 15 is 4.39 Å². The molecule has 0 spiro atoms. The van der Waals surface area contributed by atoms with Gasteiger partial charge in [0, 0.05) is 25.3 Å². The van der Waals surface area contributed by atoms with Crippen LogP contribution in [0, 0.1) is 11.7 Å². The van der Waals surface area contributed by atoms with E-state index in [9.17, 15) is 14.4 Å². The van der Waals surface area contributed by atoms with Gasteiger partial charge in [0.25, 0.3) is 5.91 Å². The van der Waals surface area contributed by atoms with Crippen LogP contribution in [0.15, 0.2) is 53.5 Å². The van der Waals surface area contributed by atoms with E-state index in [1.165, 1.54) is 6.07 Å². The van der Waals surface area contributed by atoms with Crippen LogP contribution < -0.4 is 25.7 Å². The third-order valence-electron chi connectivity index (χ3n) is 9.72. The highest BCUT2D eigenvalue weighted by Crippen LogP contribution is 2.48. The van der Waals surface area contributed by atoms with Crippen LogP contribution in [0.2, 0.25) is 0 Å². The molecule has 3 aromatic carbocycles. The molecule has 260 valence electrons. The van der Waals surface area contributed by atoms with Crippen molar-refractivity contribution in [1.82, 2.24) is 15.2 Å². The Morgan fingerprint density at radius 3 is 2.49 bits per heavy atom. The van der Waals surface area contributed by atoms with E-state index in [1.807, 2.05) is 48.2 Å². The number of amides is 2. The maximum absolute atomic E-state index is 16.3. The van der Waals surface area contributed by atoms with Crippen molar-refractivity contribution >= 4 is 39.4 Å². The molecule has 3 heterocycles. The predicted molar refractivity (Wildman–Crippen MR) is 192 cm³/mol. The van der Waals surface area contributed by atoms with Crippen LogP contribution >= 0.6 is 0 Å². The van der Waals surface area contributed by atoms with E-state index in [-0.39, 0.29) is 34.5 Å². The Bertz CT molecular complexity index is 1960. The van der Waals surface area contributed by atoms with Crippen molar-refractivity contribution in [3.8, 4) is 17.2 Å². The van der Waals surface area contributed by atoms with Gasteiger partial charge in [-0.15, -0.1) is 0 Å². The number of hydrogen-bond donors (Lipinski definition) is 2. The summed E-state index contributed by atoms with van der Waals surface area (Å²) in [6.07, 6.45) is 6.75. The zero-order valence-corrected chi connectivity index (χ0v) is 29.3. The number of alkyl carbamates (subject to hydrolysis) is 1. The van der Waals surface area contributed by atoms with Gasteiger partial charge in [-0.05, 0) is 75.4 Å². The van der Waals surface area contributed by atoms with Gasteiger partial charge in [0.15, 0.2) is 17.3 Å². The summed E-state index contributed by atoms with van der Waals surface area (Å²) in [6, 6.07) is 12.5. The Labute approximate surface area is 286 Å². The Kier molecular flexibility index (Phi) is 9.60. The summed E-state index contributed by atoms with van der Waals surface area (Å²) in [5.74, 6) is 0.226. The van der Waals surface area contributed by atoms with Crippen molar-refractivity contribution in [2.45, 2.75) is 97.8 Å². The molecule has 2 aliphatic rings. The molecule has 2 atom stereocenters. The first kappa shape index (κ1) is 34.3. The first-order valence-electron chi connectivity index (χ1n) is 17.5. The van der Waals surface area contributed by atoms with Crippen LogP contribution in [0.5, 0.6) is 11.5 Å². The molecule has 1 saturated heterocycles. The first-order chi connectivity index (χ1) is 23.4. The molecule has 0 bridgehead atoms. The van der Waals surface area contributed by atoms with Crippen molar-refractivity contribution in [2.24, 2.45) is 5.92 Å². The highest BCUT2D eigenvalue weighted by molar-refractivity contribution is 6.02. The lowest BCUT2D eigenvalue weighted by Gasteiger charge is -2.29. The second-order valence-electron chi connectivity index (χ2n) is 14.5. The van der Waals surface area contributed by atoms with Crippen molar-refractivity contribution < 1.29 is 23.5 Å². The average Bonchev–Trinajstić information content (AvgIpc) is 3.49. The highest BCUT2D eigenvalue weighted by Gasteiger charge is 2.34. The highest BCUT2D eigenvalue weighted by atomic mass is 19.1. The number of aromatic nitrogens is 1. The lowest BCUT2D eigenvalue weighted by atomic mass is 9.95. The molecule has 2 aliphatic heterocycles. The summed E-state index contributed by atoms with van der Waals surface area (Å²) in [6.45, 7) is 12.5. The van der Waals surface area contributed by atoms with Gasteiger partial charge >= 0.3 is 6.09 Å². The van der Waals surface area contributed by atoms with E-state index in [1.54, 1.807) is 31.5 Å². The number of nitrogens with zero attached hydrogens (tertiary/aromatic N) is 2. The number of hydrogen-bond acceptors (Lipinski definition) is 6. The van der Waals surface area contributed by atoms with Crippen LogP contribution in [0.3, 0.4) is 0 Å². The molecule has 2 unspecified atom stereocenters. The molecule has 6 rings (SSSR count). The molecular formula is C39H47FN4O5. The normalized spacial score (nSPS) is 16.1. The maximum atomic E-state index is 16.3. The fourth-order valence-corrected chi connectivity index (χ4v) is 7.09. The van der Waals surface area contributed by atoms with Crippen molar-refractivity contribution in [3.05, 3.63) is 70.3 Å². The fourth-order valence-electron chi connectivity index (χ4n) is 7.09. The van der Waals surface area contributed by atoms with E-state index in [0.717, 1.165) is 42.9 Å². The van der Waals surface area contributed by atoms with Gasteiger partial charge in [-0.2, -0.15) is 0 Å². The average molecular weight is 671 g/mol. The number of carbonyl (C=O) groups excluding carboxylic acids is 2. The number of rotatable bonds is 10. The van der Waals surface area contributed by atoms with Gasteiger partial charge < -0.3 is 29.6 Å². The maximum Gasteiger partial charge on any atom is 0.407 e. The number of halogens is 1. The van der Waals surface area contributed by atoms with Crippen LogP contribution in [0.4, 0.5) is 14.9 Å². The lowest BCUT2D eigenvalue weighted by molar-refractivity contribution is 0.0508. The van der Waals surface area contributed by atoms with Gasteiger partial charge in [-0.25, -0.2) is 9.18 Å². The van der Waals surface area contributed by atoms with Crippen LogP contribution in [-0.2, 0) is 4.74 Å². The second-order valence-corrected chi connectivity index (χ2v) is 14.5. The Morgan fingerprint density at radius 2 is 1.80 bits per heavy atom. The van der Waals surface area contributed by atoms with Crippen molar-refractivity contribution in [3.63, 3.8) is 0 Å². The number of nitrogens with one attached hydrogen (secondary N) is 2. The molecule has 49 heavy (non-hydrogen) atoms. The number of pyridine rings is 1. The minimum atomic E-state index is -0.646. The van der Waals surface area contributed by atoms with Gasteiger partial charge in [-0.1, -0.05) is 63.8 Å². The number of benzene rings is 3. The Morgan fingerprint density at radius 1 is 1.08 bits per heavy atom. The van der Waals surface area contributed by atoms with Crippen molar-refractivity contribution in [2.75, 3.05) is 18.0 Å². The molecular weight excluding hydrogens is 623 g/mol. The number of carbonyl (C=O) groups is 2. The molecule has 0 radical (unpaired) electrons. The second kappa shape index (κ2) is 13.7. The third kappa shape index (κ3) is 7.09. The van der Waals surface area contributed by atoms with Gasteiger partial charge in [0.1, 0.15) is 22.4 Å². The molecule has 1 aromatic heterocycles. The SMILES string of the molecule is CCC(CC)CCCC(C)NC(=O)c1cn2c3c(c(N4CCC(NC(=O)OC(C)(C)C)C4)c(F)cc3c1=O)Oc1cc3ccccc3cc1-2. The molecule has 0 saturated carbocycles. The minimum Gasteiger partial charge on any atom is -0.451 e. The summed E-state index contributed by atoms with van der Waals surface area (Å²) >= 11 is 0. The molecule has 1 fully saturated rings. The Hall–Kier alpha value is -4.60. The minimum absolute atomic E-state index is 0.0544. The number of anilines is 1. The predicted octanol–water partition coefficient (Wildman–Crippen LogP) is 8.22. The fraction of sp³-hybridized carbons (Fsp3) is 0.462. The van der Waals surface area contributed by atoms with Gasteiger partial charge in [0.2, 0.25) is 5.43 Å². The van der Waals surface area contributed by atoms with E-state index in [4.69, 9.17) is 9.47 Å². The van der Waals surface area contributed by atoms with Crippen LogP contribution in [-0.4, -0.2) is 47.3 Å². The molecule has 4 aromatic rings. The molecule has 2 amide bonds. The number of ether oxygens (including phenoxy) is 2. The quantitative estimate of drug-likeness (QED) is 0.155. The van der Waals surface area contributed by atoms with Crippen LogP contribution in [0.25, 0.3) is 27.4 Å². The molecule has 10 heteroatoms. The van der Waals surface area contributed by atoms with E-state index < -0.39 is 28.8 Å². The van der Waals surface area contributed by atoms with E-state index in [0.29, 0.717) is 42.4 Å². The topological polar surface area (TPSA) is 102 Å². The lowest BCUT2D eigenvalue weighted by Crippen LogP contribution is -2.40. The summed E-state index contributed by atoms with van der Waals surface area (Å²) in [7, 11) is 0. The van der Waals surface area contributed by atoms with Gasteiger partial charge in [-0.3, -0.25) is 9.59 Å². The van der Waals surface area contributed by atoms with Crippen LogP contribution in [0.1, 0.15) is 90.4 Å². The van der Waals surface area contributed by atoms with E-state index in [2.05, 4.69) is 24.5 Å². The standard InChI is InChI=1S/C39H47FN4O5/c1-7-24(8-2)13-11-12-23(3)41-37(46)29-22-44-31-18-25-14-9-10-15-26(25)19-32(31)48-36-33(44)28(35(29)45)20-30(40)34(36)43-17-16-27(21-43)42-38(47)49-39(4,5)6/h9-10,14-15,18-20,22-24,27H,7-8,11-13,16-17,21H2,1-6H3,(H,41,46)(H,42,47). The monoisotopic (exact) mass is 670 g/mol. The zero-order chi connectivity index (χ0) is 35.0. The zero-order valence-electron chi connectivity index (χ0n) is 29.3. The third-order valence-corrected chi connectivity index (χ3v) is 9.72. The molecule has 0 aliphatic carbocycles. The summed E-state index contributed by atoms with van der Waals surface area (Å²) in [5, 5.41) is 7.87. The number of fused-ring (bicyclic) bond motifs is 3. The summed E-state index contributed by atoms with van der Waals surface area (Å²) in [5.41, 5.74) is -0.0161. The summed E-state index contributed by atoms with van der Waals surface area (Å²) in [4.78, 5) is 42.0. The Balaban J connectivity index is 1.39. The first-order valence-corrected chi connectivity index (χ1v) is 17.5. The van der Waals surface area contributed by atoms with Gasteiger partial charge in [0.05, 0.1) is 17.1 Å². The molecule has 9 nitrogen and oxygen atoms in total.